The third kappa shape index (κ3) is 6.94. The van der Waals surface area contributed by atoms with Gasteiger partial charge in [-0.2, -0.15) is 0 Å². The van der Waals surface area contributed by atoms with Gasteiger partial charge in [0, 0.05) is 50.6 Å². The highest BCUT2D eigenvalue weighted by Gasteiger charge is 2.16. The van der Waals surface area contributed by atoms with Gasteiger partial charge in [-0.15, -0.1) is 0 Å². The first-order chi connectivity index (χ1) is 29.1. The van der Waals surface area contributed by atoms with E-state index in [1.807, 2.05) is 0 Å². The molecule has 0 bridgehead atoms. The fourth-order valence-corrected chi connectivity index (χ4v) is 8.27. The second-order valence-electron chi connectivity index (χ2n) is 15.2. The normalized spacial score (nSPS) is 11.2. The Balaban J connectivity index is 0.978. The van der Waals surface area contributed by atoms with Crippen LogP contribution in [0.4, 0.5) is 34.1 Å². The Hall–Kier alpha value is -7.62. The van der Waals surface area contributed by atoms with Gasteiger partial charge in [-0.05, 0) is 133 Å². The van der Waals surface area contributed by atoms with Gasteiger partial charge in [0.25, 0.3) is 0 Å². The van der Waals surface area contributed by atoms with Crippen LogP contribution in [-0.2, 0) is 0 Å². The number of rotatable bonds is 9. The van der Waals surface area contributed by atoms with Crippen LogP contribution in [0.15, 0.2) is 224 Å². The van der Waals surface area contributed by atoms with Crippen molar-refractivity contribution in [1.29, 1.82) is 0 Å². The summed E-state index contributed by atoms with van der Waals surface area (Å²) in [5.41, 5.74) is 17.5. The molecule has 1 heterocycles. The number of anilines is 6. The molecule has 9 aromatic carbocycles. The number of aryl methyl sites for hydroxylation is 2. The van der Waals surface area contributed by atoms with E-state index in [0.717, 1.165) is 39.8 Å². The minimum absolute atomic E-state index is 1.12. The van der Waals surface area contributed by atoms with E-state index in [-0.39, 0.29) is 0 Å². The fraction of sp³-hybridized carbons (Fsp3) is 0.0357. The lowest BCUT2D eigenvalue weighted by molar-refractivity contribution is 1.18. The summed E-state index contributed by atoms with van der Waals surface area (Å²) in [7, 11) is 0. The molecule has 10 aromatic rings. The van der Waals surface area contributed by atoms with Gasteiger partial charge in [0.15, 0.2) is 0 Å². The van der Waals surface area contributed by atoms with Crippen molar-refractivity contribution < 1.29 is 0 Å². The minimum Gasteiger partial charge on any atom is -0.311 e. The van der Waals surface area contributed by atoms with Crippen molar-refractivity contribution in [2.45, 2.75) is 13.8 Å². The Morgan fingerprint density at radius 2 is 0.644 bits per heavy atom. The van der Waals surface area contributed by atoms with E-state index in [0.29, 0.717) is 0 Å². The SMILES string of the molecule is Cc1ccc(N(c2ccc(C)cc2)c2ccc(-c3ccc4c5ccccc5n(-c5ccc(-c6ccc(N(c7ccccc7)c7ccccc7)cc6)cc5)c4c3)cc2)cc1. The standard InChI is InChI=1S/C56H43N3/c1-40-17-28-48(29-18-40)58(49-30-19-41(2)20-31-49)51-34-25-44(26-35-51)45-27-38-54-53-15-9-10-16-55(53)59(56(54)39-45)52-36-23-43(24-37-52)42-21-32-50(33-22-42)57(46-11-5-3-6-12-46)47-13-7-4-8-14-47/h3-39H,1-2H3. The van der Waals surface area contributed by atoms with Crippen molar-refractivity contribution in [3.05, 3.63) is 236 Å². The van der Waals surface area contributed by atoms with E-state index in [2.05, 4.69) is 253 Å². The predicted octanol–water partition coefficient (Wildman–Crippen LogP) is 15.7. The second-order valence-corrected chi connectivity index (χ2v) is 15.2. The molecule has 0 fully saturated rings. The third-order valence-electron chi connectivity index (χ3n) is 11.3. The van der Waals surface area contributed by atoms with Gasteiger partial charge in [0.05, 0.1) is 11.0 Å². The summed E-state index contributed by atoms with van der Waals surface area (Å²) >= 11 is 0. The van der Waals surface area contributed by atoms with Gasteiger partial charge in [0.1, 0.15) is 0 Å². The first-order valence-electron chi connectivity index (χ1n) is 20.3. The molecule has 0 amide bonds. The number of para-hydroxylation sites is 3. The number of fused-ring (bicyclic) bond motifs is 3. The van der Waals surface area contributed by atoms with E-state index < -0.39 is 0 Å². The quantitative estimate of drug-likeness (QED) is 0.145. The van der Waals surface area contributed by atoms with Crippen LogP contribution in [0.25, 0.3) is 49.7 Å². The van der Waals surface area contributed by atoms with E-state index in [1.165, 1.54) is 55.2 Å². The highest BCUT2D eigenvalue weighted by molar-refractivity contribution is 6.10. The molecule has 0 saturated carbocycles. The number of hydrogen-bond acceptors (Lipinski definition) is 2. The van der Waals surface area contributed by atoms with Crippen LogP contribution in [0.5, 0.6) is 0 Å². The summed E-state index contributed by atoms with van der Waals surface area (Å²) in [5, 5.41) is 2.49. The maximum Gasteiger partial charge on any atom is 0.0547 e. The summed E-state index contributed by atoms with van der Waals surface area (Å²) < 4.78 is 2.41. The highest BCUT2D eigenvalue weighted by Crippen LogP contribution is 2.39. The largest absolute Gasteiger partial charge is 0.311 e. The molecule has 0 atom stereocenters. The van der Waals surface area contributed by atoms with Gasteiger partial charge in [-0.1, -0.05) is 139 Å². The van der Waals surface area contributed by atoms with Crippen molar-refractivity contribution in [2.75, 3.05) is 9.80 Å². The average molecular weight is 758 g/mol. The topological polar surface area (TPSA) is 11.4 Å². The van der Waals surface area contributed by atoms with Gasteiger partial charge >= 0.3 is 0 Å². The lowest BCUT2D eigenvalue weighted by atomic mass is 10.0. The maximum absolute atomic E-state index is 2.41. The lowest BCUT2D eigenvalue weighted by Gasteiger charge is -2.26. The van der Waals surface area contributed by atoms with Gasteiger partial charge in [-0.25, -0.2) is 0 Å². The van der Waals surface area contributed by atoms with Crippen molar-refractivity contribution in [3.63, 3.8) is 0 Å². The molecule has 0 aliphatic rings. The van der Waals surface area contributed by atoms with Crippen LogP contribution in [-0.4, -0.2) is 4.57 Å². The summed E-state index contributed by atoms with van der Waals surface area (Å²) in [6.45, 7) is 4.26. The van der Waals surface area contributed by atoms with E-state index >= 15 is 0 Å². The Bertz CT molecular complexity index is 2920. The molecule has 10 rings (SSSR count). The molecule has 0 radical (unpaired) electrons. The Labute approximate surface area is 346 Å². The Morgan fingerprint density at radius 3 is 1.14 bits per heavy atom. The van der Waals surface area contributed by atoms with Crippen LogP contribution in [0.1, 0.15) is 11.1 Å². The average Bonchev–Trinajstić information content (AvgIpc) is 3.63. The van der Waals surface area contributed by atoms with Crippen LogP contribution < -0.4 is 9.80 Å². The van der Waals surface area contributed by atoms with Crippen LogP contribution >= 0.6 is 0 Å². The zero-order chi connectivity index (χ0) is 39.7. The van der Waals surface area contributed by atoms with E-state index in [9.17, 15) is 0 Å². The number of benzene rings is 9. The van der Waals surface area contributed by atoms with E-state index in [1.54, 1.807) is 0 Å². The first kappa shape index (κ1) is 35.8. The molecular formula is C56H43N3. The molecule has 0 aliphatic carbocycles. The highest BCUT2D eigenvalue weighted by atomic mass is 15.1. The summed E-state index contributed by atoms with van der Waals surface area (Å²) in [6.07, 6.45) is 0. The van der Waals surface area contributed by atoms with E-state index in [4.69, 9.17) is 0 Å². The second kappa shape index (κ2) is 15.4. The molecule has 282 valence electrons. The van der Waals surface area contributed by atoms with Crippen molar-refractivity contribution >= 4 is 55.9 Å². The molecule has 0 spiro atoms. The Morgan fingerprint density at radius 1 is 0.288 bits per heavy atom. The molecule has 1 aromatic heterocycles. The van der Waals surface area contributed by atoms with Gasteiger partial charge in [0.2, 0.25) is 0 Å². The van der Waals surface area contributed by atoms with Crippen LogP contribution in [0, 0.1) is 13.8 Å². The fourth-order valence-electron chi connectivity index (χ4n) is 8.27. The van der Waals surface area contributed by atoms with Crippen molar-refractivity contribution in [2.24, 2.45) is 0 Å². The summed E-state index contributed by atoms with van der Waals surface area (Å²) in [4.78, 5) is 4.62. The lowest BCUT2D eigenvalue weighted by Crippen LogP contribution is -2.09. The van der Waals surface area contributed by atoms with Crippen molar-refractivity contribution in [1.82, 2.24) is 4.57 Å². The van der Waals surface area contributed by atoms with Gasteiger partial charge < -0.3 is 14.4 Å². The Kier molecular flexibility index (Phi) is 9.32. The number of nitrogens with zero attached hydrogens (tertiary/aromatic N) is 3. The monoisotopic (exact) mass is 757 g/mol. The van der Waals surface area contributed by atoms with Gasteiger partial charge in [-0.3, -0.25) is 0 Å². The zero-order valence-electron chi connectivity index (χ0n) is 33.2. The number of aromatic nitrogens is 1. The molecule has 0 aliphatic heterocycles. The predicted molar refractivity (Wildman–Crippen MR) is 250 cm³/mol. The molecule has 3 nitrogen and oxygen atoms in total. The molecule has 0 N–H and O–H groups in total. The van der Waals surface area contributed by atoms with Crippen LogP contribution in [0.3, 0.4) is 0 Å². The molecule has 0 unspecified atom stereocenters. The first-order valence-corrected chi connectivity index (χ1v) is 20.3. The molecule has 59 heavy (non-hydrogen) atoms. The molecule has 0 saturated heterocycles. The summed E-state index contributed by atoms with van der Waals surface area (Å²) in [6, 6.07) is 81.0. The molecule has 3 heteroatoms. The smallest absolute Gasteiger partial charge is 0.0547 e. The third-order valence-corrected chi connectivity index (χ3v) is 11.3. The number of hydrogen-bond donors (Lipinski definition) is 0. The maximum atomic E-state index is 2.41. The van der Waals surface area contributed by atoms with Crippen LogP contribution in [0.2, 0.25) is 0 Å². The van der Waals surface area contributed by atoms with Crippen molar-refractivity contribution in [3.8, 4) is 27.9 Å². The molecular weight excluding hydrogens is 715 g/mol. The minimum atomic E-state index is 1.12. The summed E-state index contributed by atoms with van der Waals surface area (Å²) in [5.74, 6) is 0. The zero-order valence-corrected chi connectivity index (χ0v) is 33.2.